The molecule has 4 nitrogen and oxygen atoms in total. The van der Waals surface area contributed by atoms with Crippen LogP contribution in [0.25, 0.3) is 0 Å². The van der Waals surface area contributed by atoms with Gasteiger partial charge in [0.05, 0.1) is 6.42 Å². The average Bonchev–Trinajstić information content (AvgIpc) is 2.98. The van der Waals surface area contributed by atoms with Crippen LogP contribution in [-0.4, -0.2) is 35.1 Å². The number of amides is 1. The van der Waals surface area contributed by atoms with Crippen molar-refractivity contribution < 1.29 is 4.79 Å². The van der Waals surface area contributed by atoms with Crippen LogP contribution in [0.4, 0.5) is 0 Å². The van der Waals surface area contributed by atoms with E-state index in [1.165, 1.54) is 21.6 Å². The van der Waals surface area contributed by atoms with Gasteiger partial charge in [0.25, 0.3) is 0 Å². The summed E-state index contributed by atoms with van der Waals surface area (Å²) in [5.41, 5.74) is 9.35. The first-order chi connectivity index (χ1) is 10.8. The number of thioether (sulfide) groups is 1. The van der Waals surface area contributed by atoms with Crippen molar-refractivity contribution in [1.29, 1.82) is 0 Å². The Kier molecular flexibility index (Phi) is 4.00. The van der Waals surface area contributed by atoms with Gasteiger partial charge in [-0.05, 0) is 31.9 Å². The zero-order valence-corrected chi connectivity index (χ0v) is 14.9. The quantitative estimate of drug-likeness (QED) is 0.907. The number of aliphatic imine (C=N–C) groups is 1. The van der Waals surface area contributed by atoms with Crippen LogP contribution in [-0.2, 0) is 4.79 Å². The van der Waals surface area contributed by atoms with Crippen LogP contribution in [0.5, 0.6) is 0 Å². The van der Waals surface area contributed by atoms with E-state index in [0.29, 0.717) is 18.3 Å². The third kappa shape index (κ3) is 2.90. The predicted molar refractivity (Wildman–Crippen MR) is 96.6 cm³/mol. The second kappa shape index (κ2) is 5.71. The zero-order valence-electron chi connectivity index (χ0n) is 14.1. The number of allylic oxidation sites excluding steroid dienone is 1. The van der Waals surface area contributed by atoms with Crippen LogP contribution in [0.2, 0.25) is 0 Å². The van der Waals surface area contributed by atoms with E-state index in [1.54, 1.807) is 18.8 Å². The van der Waals surface area contributed by atoms with Crippen LogP contribution < -0.4 is 5.73 Å². The van der Waals surface area contributed by atoms with E-state index in [9.17, 15) is 4.79 Å². The number of benzene rings is 1. The number of nitrogens with zero attached hydrogens (tertiary/aromatic N) is 2. The first-order valence-corrected chi connectivity index (χ1v) is 8.83. The third-order valence-corrected chi connectivity index (χ3v) is 6.12. The summed E-state index contributed by atoms with van der Waals surface area (Å²) in [5.74, 6) is 1.70. The lowest BCUT2D eigenvalue weighted by atomic mass is 9.90. The van der Waals surface area contributed by atoms with E-state index < -0.39 is 5.54 Å². The Morgan fingerprint density at radius 3 is 2.83 bits per heavy atom. The number of carbonyl (C=O) groups is 1. The van der Waals surface area contributed by atoms with Gasteiger partial charge in [0, 0.05) is 23.6 Å². The molecule has 0 aliphatic carbocycles. The topological polar surface area (TPSA) is 58.7 Å². The molecular formula is C18H23N3OS. The molecule has 2 N–H and O–H groups in total. The summed E-state index contributed by atoms with van der Waals surface area (Å²) in [4.78, 5) is 19.4. The molecule has 0 spiro atoms. The Bertz CT molecular complexity index is 725. The lowest BCUT2D eigenvalue weighted by Crippen LogP contribution is -2.48. The lowest BCUT2D eigenvalue weighted by molar-refractivity contribution is -0.128. The molecule has 2 aliphatic rings. The van der Waals surface area contributed by atoms with E-state index in [0.717, 1.165) is 10.7 Å². The first-order valence-electron chi connectivity index (χ1n) is 7.84. The molecule has 2 aliphatic heterocycles. The van der Waals surface area contributed by atoms with Crippen molar-refractivity contribution in [3.05, 3.63) is 45.9 Å². The molecule has 0 bridgehead atoms. The summed E-state index contributed by atoms with van der Waals surface area (Å²) in [6.45, 7) is 6.29. The van der Waals surface area contributed by atoms with Crippen molar-refractivity contribution >= 4 is 23.6 Å². The highest BCUT2D eigenvalue weighted by molar-refractivity contribution is 8.03. The van der Waals surface area contributed by atoms with Gasteiger partial charge in [-0.15, -0.1) is 11.8 Å². The molecular weight excluding hydrogens is 306 g/mol. The molecule has 0 aromatic heterocycles. The molecule has 1 aromatic rings. The van der Waals surface area contributed by atoms with Gasteiger partial charge in [-0.1, -0.05) is 29.8 Å². The minimum Gasteiger partial charge on any atom is -0.369 e. The monoisotopic (exact) mass is 329 g/mol. The molecule has 5 heteroatoms. The zero-order chi connectivity index (χ0) is 16.8. The number of hydrogen-bond donors (Lipinski definition) is 1. The highest BCUT2D eigenvalue weighted by Crippen LogP contribution is 2.45. The van der Waals surface area contributed by atoms with Crippen LogP contribution in [0.3, 0.4) is 0 Å². The standard InChI is InChI=1S/C18H23N3OS/c1-11-5-6-12(2)14(7-11)13-8-15(23-10-13)18(3)9-16(22)21(4)17(19)20-18/h5-8,13H,9-10H2,1-4H3,(H2,19,20)/t13?,18-/m0/s1. The second-order valence-electron chi connectivity index (χ2n) is 6.68. The molecule has 0 saturated heterocycles. The average molecular weight is 329 g/mol. The maximum atomic E-state index is 12.2. The van der Waals surface area contributed by atoms with Crippen molar-refractivity contribution in [2.75, 3.05) is 12.8 Å². The van der Waals surface area contributed by atoms with Gasteiger partial charge in [0.2, 0.25) is 5.91 Å². The van der Waals surface area contributed by atoms with E-state index in [1.807, 2.05) is 6.92 Å². The van der Waals surface area contributed by atoms with Crippen molar-refractivity contribution in [2.45, 2.75) is 38.6 Å². The van der Waals surface area contributed by atoms with Gasteiger partial charge in [-0.2, -0.15) is 0 Å². The molecule has 0 radical (unpaired) electrons. The fourth-order valence-corrected chi connectivity index (χ4v) is 4.51. The molecule has 2 heterocycles. The molecule has 2 atom stereocenters. The van der Waals surface area contributed by atoms with Gasteiger partial charge in [0.15, 0.2) is 5.96 Å². The summed E-state index contributed by atoms with van der Waals surface area (Å²) in [6.07, 6.45) is 2.66. The summed E-state index contributed by atoms with van der Waals surface area (Å²) < 4.78 is 0. The smallest absolute Gasteiger partial charge is 0.231 e. The fraction of sp³-hybridized carbons (Fsp3) is 0.444. The maximum Gasteiger partial charge on any atom is 0.231 e. The highest BCUT2D eigenvalue weighted by atomic mass is 32.2. The normalized spacial score (nSPS) is 27.9. The number of guanidine groups is 1. The largest absolute Gasteiger partial charge is 0.369 e. The lowest BCUT2D eigenvalue weighted by Gasteiger charge is -2.33. The minimum atomic E-state index is -0.523. The van der Waals surface area contributed by atoms with Crippen molar-refractivity contribution in [1.82, 2.24) is 4.90 Å². The van der Waals surface area contributed by atoms with Crippen LogP contribution in [0.1, 0.15) is 36.0 Å². The summed E-state index contributed by atoms with van der Waals surface area (Å²) in [6, 6.07) is 6.59. The molecule has 3 rings (SSSR count). The number of carbonyl (C=O) groups excluding carboxylic acids is 1. The summed E-state index contributed by atoms with van der Waals surface area (Å²) in [5, 5.41) is 0. The van der Waals surface area contributed by atoms with Gasteiger partial charge in [0.1, 0.15) is 5.54 Å². The number of aryl methyl sites for hydroxylation is 2. The Labute approximate surface area is 141 Å². The van der Waals surface area contributed by atoms with Crippen molar-refractivity contribution in [2.24, 2.45) is 10.7 Å². The minimum absolute atomic E-state index is 0.0247. The fourth-order valence-electron chi connectivity index (χ4n) is 3.18. The first kappa shape index (κ1) is 16.1. The Hall–Kier alpha value is -1.75. The Balaban J connectivity index is 1.93. The van der Waals surface area contributed by atoms with Crippen LogP contribution in [0.15, 0.2) is 34.2 Å². The van der Waals surface area contributed by atoms with Gasteiger partial charge < -0.3 is 5.73 Å². The molecule has 0 saturated carbocycles. The Morgan fingerprint density at radius 1 is 1.39 bits per heavy atom. The SMILES string of the molecule is Cc1ccc(C)c(C2C=C([C@]3(C)CC(=O)N(C)C(N)=N3)SC2)c1. The van der Waals surface area contributed by atoms with Crippen molar-refractivity contribution in [3.63, 3.8) is 0 Å². The Morgan fingerprint density at radius 2 is 2.13 bits per heavy atom. The summed E-state index contributed by atoms with van der Waals surface area (Å²) in [7, 11) is 1.68. The van der Waals surface area contributed by atoms with E-state index in [-0.39, 0.29) is 5.91 Å². The van der Waals surface area contributed by atoms with Crippen molar-refractivity contribution in [3.8, 4) is 0 Å². The van der Waals surface area contributed by atoms with E-state index in [2.05, 4.69) is 43.1 Å². The van der Waals surface area contributed by atoms with E-state index >= 15 is 0 Å². The summed E-state index contributed by atoms with van der Waals surface area (Å²) >= 11 is 1.80. The van der Waals surface area contributed by atoms with Gasteiger partial charge >= 0.3 is 0 Å². The second-order valence-corrected chi connectivity index (χ2v) is 7.74. The van der Waals surface area contributed by atoms with E-state index in [4.69, 9.17) is 5.73 Å². The molecule has 1 aromatic carbocycles. The molecule has 1 unspecified atom stereocenters. The molecule has 122 valence electrons. The number of hydrogen-bond acceptors (Lipinski definition) is 4. The number of nitrogens with two attached hydrogens (primary N) is 1. The van der Waals surface area contributed by atoms with Gasteiger partial charge in [-0.25, -0.2) is 4.99 Å². The van der Waals surface area contributed by atoms with Crippen LogP contribution >= 0.6 is 11.8 Å². The predicted octanol–water partition coefficient (Wildman–Crippen LogP) is 2.95. The molecule has 0 fully saturated rings. The van der Waals surface area contributed by atoms with Crippen LogP contribution in [0, 0.1) is 13.8 Å². The maximum absolute atomic E-state index is 12.2. The number of rotatable bonds is 2. The molecule has 1 amide bonds. The highest BCUT2D eigenvalue weighted by Gasteiger charge is 2.40. The van der Waals surface area contributed by atoms with Gasteiger partial charge in [-0.3, -0.25) is 9.69 Å². The third-order valence-electron chi connectivity index (χ3n) is 4.71. The molecule has 23 heavy (non-hydrogen) atoms.